The fourth-order valence-corrected chi connectivity index (χ4v) is 0.883. The van der Waals surface area contributed by atoms with Crippen LogP contribution in [-0.4, -0.2) is 22.0 Å². The fraction of sp³-hybridized carbons (Fsp3) is 0. The lowest BCUT2D eigenvalue weighted by Crippen LogP contribution is -2.28. The van der Waals surface area contributed by atoms with Crippen LogP contribution in [0, 0.1) is 0 Å². The summed E-state index contributed by atoms with van der Waals surface area (Å²) >= 11 is 0. The van der Waals surface area contributed by atoms with Crippen molar-refractivity contribution in [2.75, 3.05) is 0 Å². The summed E-state index contributed by atoms with van der Waals surface area (Å²) in [6, 6.07) is 8.31. The van der Waals surface area contributed by atoms with Crippen molar-refractivity contribution in [3.05, 3.63) is 35.9 Å². The third kappa shape index (κ3) is 2.03. The Bertz CT molecular complexity index is 321. The number of nitrogens with one attached hydrogen (secondary N) is 1. The second kappa shape index (κ2) is 4.22. The summed E-state index contributed by atoms with van der Waals surface area (Å²) in [4.78, 5) is 10.9. The average Bonchev–Trinajstić information content (AvgIpc) is 2.20. The second-order valence-electron chi connectivity index (χ2n) is 2.26. The van der Waals surface area contributed by atoms with E-state index < -0.39 is 5.91 Å². The highest BCUT2D eigenvalue weighted by molar-refractivity contribution is 6.44. The molecule has 0 saturated carbocycles. The number of amides is 1. The van der Waals surface area contributed by atoms with Gasteiger partial charge in [0.1, 0.15) is 0 Å². The van der Waals surface area contributed by atoms with E-state index in [0.717, 1.165) is 0 Å². The van der Waals surface area contributed by atoms with E-state index in [1.165, 1.54) is 5.48 Å². The summed E-state index contributed by atoms with van der Waals surface area (Å²) in [5.74, 6) is -0.853. The number of nitrogens with zero attached hydrogens (tertiary/aromatic N) is 1. The molecule has 13 heavy (non-hydrogen) atoms. The number of carbonyl (C=O) groups is 1. The molecule has 0 aliphatic heterocycles. The number of oxime groups is 1. The van der Waals surface area contributed by atoms with E-state index in [0.29, 0.717) is 5.56 Å². The normalized spacial score (nSPS) is 11.0. The predicted molar refractivity (Wildman–Crippen MR) is 44.7 cm³/mol. The summed E-state index contributed by atoms with van der Waals surface area (Å²) in [7, 11) is 0. The minimum Gasteiger partial charge on any atom is -0.410 e. The fourth-order valence-electron chi connectivity index (χ4n) is 0.883. The molecule has 68 valence electrons. The van der Waals surface area contributed by atoms with Crippen LogP contribution in [0.25, 0.3) is 0 Å². The Kier molecular flexibility index (Phi) is 2.99. The number of benzene rings is 1. The maximum atomic E-state index is 10.9. The first kappa shape index (κ1) is 9.21. The van der Waals surface area contributed by atoms with E-state index in [4.69, 9.17) is 10.4 Å². The molecule has 0 atom stereocenters. The quantitative estimate of drug-likeness (QED) is 0.266. The number of hydroxylamine groups is 1. The Balaban J connectivity index is 3.00. The smallest absolute Gasteiger partial charge is 0.297 e. The van der Waals surface area contributed by atoms with Crippen LogP contribution in [0.2, 0.25) is 0 Å². The number of rotatable bonds is 2. The van der Waals surface area contributed by atoms with Gasteiger partial charge < -0.3 is 5.21 Å². The van der Waals surface area contributed by atoms with Gasteiger partial charge in [-0.05, 0) is 0 Å². The van der Waals surface area contributed by atoms with Crippen LogP contribution in [-0.2, 0) is 4.79 Å². The van der Waals surface area contributed by atoms with Gasteiger partial charge >= 0.3 is 0 Å². The molecule has 0 radical (unpaired) electrons. The lowest BCUT2D eigenvalue weighted by molar-refractivity contribution is -0.122. The molecule has 0 unspecified atom stereocenters. The van der Waals surface area contributed by atoms with E-state index in [1.54, 1.807) is 30.3 Å². The van der Waals surface area contributed by atoms with Gasteiger partial charge in [0.05, 0.1) is 0 Å². The number of hydrogen-bond donors (Lipinski definition) is 3. The molecule has 3 N–H and O–H groups in total. The Morgan fingerprint density at radius 1 is 1.31 bits per heavy atom. The van der Waals surface area contributed by atoms with Crippen molar-refractivity contribution < 1.29 is 15.2 Å². The van der Waals surface area contributed by atoms with E-state index in [9.17, 15) is 4.79 Å². The van der Waals surface area contributed by atoms with Crippen LogP contribution in [0.15, 0.2) is 35.5 Å². The maximum absolute atomic E-state index is 10.9. The van der Waals surface area contributed by atoms with Gasteiger partial charge in [-0.15, -0.1) is 0 Å². The van der Waals surface area contributed by atoms with Gasteiger partial charge in [0.15, 0.2) is 5.71 Å². The number of carbonyl (C=O) groups excluding carboxylic acids is 1. The van der Waals surface area contributed by atoms with Crippen molar-refractivity contribution in [1.29, 1.82) is 0 Å². The molecule has 0 aliphatic rings. The molecule has 5 nitrogen and oxygen atoms in total. The minimum absolute atomic E-state index is 0.233. The second-order valence-corrected chi connectivity index (χ2v) is 2.26. The van der Waals surface area contributed by atoms with Gasteiger partial charge in [0.25, 0.3) is 5.91 Å². The zero-order chi connectivity index (χ0) is 9.68. The van der Waals surface area contributed by atoms with E-state index >= 15 is 0 Å². The monoisotopic (exact) mass is 180 g/mol. The SMILES string of the molecule is O=C(NO)/C(=N/O)c1ccccc1. The van der Waals surface area contributed by atoms with Crippen molar-refractivity contribution in [2.45, 2.75) is 0 Å². The molecule has 1 rings (SSSR count). The molecule has 5 heteroatoms. The zero-order valence-electron chi connectivity index (χ0n) is 6.64. The lowest BCUT2D eigenvalue weighted by atomic mass is 10.1. The molecule has 0 spiro atoms. The van der Waals surface area contributed by atoms with Crippen LogP contribution in [0.3, 0.4) is 0 Å². The highest BCUT2D eigenvalue weighted by atomic mass is 16.5. The van der Waals surface area contributed by atoms with Crippen LogP contribution in [0.5, 0.6) is 0 Å². The Labute approximate surface area is 74.3 Å². The number of hydrogen-bond acceptors (Lipinski definition) is 4. The predicted octanol–water partition coefficient (Wildman–Crippen LogP) is 0.370. The van der Waals surface area contributed by atoms with E-state index in [-0.39, 0.29) is 5.71 Å². The van der Waals surface area contributed by atoms with Gasteiger partial charge in [0, 0.05) is 5.56 Å². The lowest BCUT2D eigenvalue weighted by Gasteiger charge is -2.00. The van der Waals surface area contributed by atoms with Crippen LogP contribution < -0.4 is 5.48 Å². The van der Waals surface area contributed by atoms with Crippen molar-refractivity contribution in [3.8, 4) is 0 Å². The van der Waals surface area contributed by atoms with Gasteiger partial charge in [-0.3, -0.25) is 10.0 Å². The van der Waals surface area contributed by atoms with Crippen LogP contribution in [0.1, 0.15) is 5.56 Å². The van der Waals surface area contributed by atoms with Gasteiger partial charge in [-0.1, -0.05) is 35.5 Å². The molecule has 1 amide bonds. The van der Waals surface area contributed by atoms with Crippen molar-refractivity contribution in [3.63, 3.8) is 0 Å². The molecular formula is C8H8N2O3. The molecule has 0 heterocycles. The molecule has 0 aliphatic carbocycles. The molecule has 0 saturated heterocycles. The van der Waals surface area contributed by atoms with Gasteiger partial charge in [-0.25, -0.2) is 5.48 Å². The van der Waals surface area contributed by atoms with Crippen LogP contribution in [0.4, 0.5) is 0 Å². The van der Waals surface area contributed by atoms with E-state index in [1.807, 2.05) is 0 Å². The van der Waals surface area contributed by atoms with Gasteiger partial charge in [-0.2, -0.15) is 0 Å². The maximum Gasteiger partial charge on any atom is 0.297 e. The van der Waals surface area contributed by atoms with Crippen molar-refractivity contribution in [1.82, 2.24) is 5.48 Å². The summed E-state index contributed by atoms with van der Waals surface area (Å²) < 4.78 is 0. The zero-order valence-corrected chi connectivity index (χ0v) is 6.64. The third-order valence-electron chi connectivity index (χ3n) is 1.46. The minimum atomic E-state index is -0.853. The van der Waals surface area contributed by atoms with Gasteiger partial charge in [0.2, 0.25) is 0 Å². The molecule has 0 fully saturated rings. The van der Waals surface area contributed by atoms with Crippen molar-refractivity contribution >= 4 is 11.6 Å². The standard InChI is InChI=1S/C8H8N2O3/c11-8(10-13)7(9-12)6-4-2-1-3-5-6/h1-5,12-13H,(H,10,11)/b9-7+. The van der Waals surface area contributed by atoms with E-state index in [2.05, 4.69) is 5.16 Å². The first-order valence-corrected chi connectivity index (χ1v) is 3.51. The molecule has 0 bridgehead atoms. The Hall–Kier alpha value is -1.88. The average molecular weight is 180 g/mol. The summed E-state index contributed by atoms with van der Waals surface area (Å²) in [6.45, 7) is 0. The van der Waals surface area contributed by atoms with Crippen molar-refractivity contribution in [2.24, 2.45) is 5.16 Å². The highest BCUT2D eigenvalue weighted by Crippen LogP contribution is 2.00. The Morgan fingerprint density at radius 2 is 1.92 bits per heavy atom. The molecular weight excluding hydrogens is 172 g/mol. The molecule has 1 aromatic carbocycles. The largest absolute Gasteiger partial charge is 0.410 e. The van der Waals surface area contributed by atoms with Crippen LogP contribution >= 0.6 is 0 Å². The highest BCUT2D eigenvalue weighted by Gasteiger charge is 2.12. The molecule has 0 aromatic heterocycles. The summed E-state index contributed by atoms with van der Waals surface area (Å²) in [6.07, 6.45) is 0. The first-order chi connectivity index (χ1) is 6.29. The Morgan fingerprint density at radius 3 is 2.38 bits per heavy atom. The first-order valence-electron chi connectivity index (χ1n) is 3.51. The summed E-state index contributed by atoms with van der Waals surface area (Å²) in [5, 5.41) is 19.6. The topological polar surface area (TPSA) is 81.9 Å². The molecule has 1 aromatic rings. The third-order valence-corrected chi connectivity index (χ3v) is 1.46. The summed E-state index contributed by atoms with van der Waals surface area (Å²) in [5.41, 5.74) is 1.58.